The van der Waals surface area contributed by atoms with Gasteiger partial charge in [0.05, 0.1) is 19.2 Å². The topological polar surface area (TPSA) is 82.1 Å². The van der Waals surface area contributed by atoms with Gasteiger partial charge < -0.3 is 20.1 Å². The minimum absolute atomic E-state index is 0.0270. The number of nitrogens with one attached hydrogen (secondary N) is 1. The third kappa shape index (κ3) is 6.21. The van der Waals surface area contributed by atoms with Crippen LogP contribution in [-0.4, -0.2) is 78.9 Å². The Hall–Kier alpha value is -1.34. The first-order valence-electron chi connectivity index (χ1n) is 7.10. The highest BCUT2D eigenvalue weighted by Gasteiger charge is 2.21. The lowest BCUT2D eigenvalue weighted by Crippen LogP contribution is -2.46. The minimum atomic E-state index is -0.826. The molecule has 1 aliphatic heterocycles. The minimum Gasteiger partial charge on any atom is -0.480 e. The van der Waals surface area contributed by atoms with Crippen molar-refractivity contribution in [1.82, 2.24) is 15.1 Å². The zero-order valence-electron chi connectivity index (χ0n) is 12.3. The Morgan fingerprint density at radius 3 is 2.70 bits per heavy atom. The Morgan fingerprint density at radius 1 is 1.30 bits per heavy atom. The van der Waals surface area contributed by atoms with Gasteiger partial charge in [-0.05, 0) is 20.3 Å². The molecule has 0 saturated carbocycles. The highest BCUT2D eigenvalue weighted by atomic mass is 16.5. The summed E-state index contributed by atoms with van der Waals surface area (Å²) in [6.07, 6.45) is 0.792. The van der Waals surface area contributed by atoms with Gasteiger partial charge in [-0.15, -0.1) is 0 Å². The first-order valence-corrected chi connectivity index (χ1v) is 7.10. The van der Waals surface area contributed by atoms with E-state index in [1.807, 2.05) is 18.7 Å². The largest absolute Gasteiger partial charge is 0.480 e. The summed E-state index contributed by atoms with van der Waals surface area (Å²) in [5, 5.41) is 11.7. The quantitative estimate of drug-likeness (QED) is 0.730. The average Bonchev–Trinajstić information content (AvgIpc) is 2.61. The summed E-state index contributed by atoms with van der Waals surface area (Å²) < 4.78 is 5.26. The monoisotopic (exact) mass is 287 g/mol. The number of hydrogen-bond acceptors (Lipinski definition) is 4. The van der Waals surface area contributed by atoms with Crippen LogP contribution in [0.25, 0.3) is 0 Å². The Morgan fingerprint density at radius 2 is 2.05 bits per heavy atom. The van der Waals surface area contributed by atoms with Crippen molar-refractivity contribution in [2.24, 2.45) is 0 Å². The number of aliphatic carboxylic acids is 1. The molecule has 2 amide bonds. The number of carbonyl (C=O) groups excluding carboxylic acids is 1. The Balaban J connectivity index is 2.36. The maximum atomic E-state index is 12.1. The van der Waals surface area contributed by atoms with E-state index < -0.39 is 5.97 Å². The SMILES string of the molecule is CCOCC(C)NC(=O)N1CCCN(CC(=O)O)CC1. The molecule has 7 nitrogen and oxygen atoms in total. The van der Waals surface area contributed by atoms with E-state index >= 15 is 0 Å². The van der Waals surface area contributed by atoms with Crippen LogP contribution in [0.15, 0.2) is 0 Å². The van der Waals surface area contributed by atoms with Gasteiger partial charge in [0.25, 0.3) is 0 Å². The van der Waals surface area contributed by atoms with E-state index in [1.165, 1.54) is 0 Å². The fourth-order valence-electron chi connectivity index (χ4n) is 2.16. The molecule has 0 bridgehead atoms. The van der Waals surface area contributed by atoms with Crippen molar-refractivity contribution >= 4 is 12.0 Å². The molecular formula is C13H25N3O4. The molecule has 1 atom stereocenters. The summed E-state index contributed by atoms with van der Waals surface area (Å²) >= 11 is 0. The van der Waals surface area contributed by atoms with Gasteiger partial charge in [0.1, 0.15) is 0 Å². The van der Waals surface area contributed by atoms with Gasteiger partial charge in [0.2, 0.25) is 0 Å². The van der Waals surface area contributed by atoms with Crippen molar-refractivity contribution in [3.8, 4) is 0 Å². The Kier molecular flexibility index (Phi) is 7.32. The Bertz CT molecular complexity index is 325. The van der Waals surface area contributed by atoms with Gasteiger partial charge in [-0.25, -0.2) is 4.79 Å². The number of ether oxygens (including phenoxy) is 1. The summed E-state index contributed by atoms with van der Waals surface area (Å²) in [6, 6.07) is -0.129. The molecule has 1 fully saturated rings. The number of urea groups is 1. The van der Waals surface area contributed by atoms with E-state index in [4.69, 9.17) is 9.84 Å². The van der Waals surface area contributed by atoms with Crippen LogP contribution in [-0.2, 0) is 9.53 Å². The van der Waals surface area contributed by atoms with E-state index in [0.29, 0.717) is 39.4 Å². The summed E-state index contributed by atoms with van der Waals surface area (Å²) in [4.78, 5) is 26.4. The van der Waals surface area contributed by atoms with Crippen LogP contribution in [0.5, 0.6) is 0 Å². The second-order valence-corrected chi connectivity index (χ2v) is 5.02. The molecule has 1 unspecified atom stereocenters. The molecule has 0 aromatic carbocycles. The van der Waals surface area contributed by atoms with Crippen LogP contribution in [0, 0.1) is 0 Å². The van der Waals surface area contributed by atoms with Crippen molar-refractivity contribution in [1.29, 1.82) is 0 Å². The van der Waals surface area contributed by atoms with E-state index in [2.05, 4.69) is 5.32 Å². The lowest BCUT2D eigenvalue weighted by molar-refractivity contribution is -0.138. The Labute approximate surface area is 119 Å². The van der Waals surface area contributed by atoms with Crippen LogP contribution >= 0.6 is 0 Å². The maximum Gasteiger partial charge on any atom is 0.317 e. The molecule has 116 valence electrons. The zero-order valence-corrected chi connectivity index (χ0v) is 12.3. The van der Waals surface area contributed by atoms with Gasteiger partial charge >= 0.3 is 12.0 Å². The molecule has 0 aromatic heterocycles. The van der Waals surface area contributed by atoms with Crippen molar-refractivity contribution in [3.63, 3.8) is 0 Å². The molecule has 20 heavy (non-hydrogen) atoms. The second-order valence-electron chi connectivity index (χ2n) is 5.02. The van der Waals surface area contributed by atoms with Crippen molar-refractivity contribution in [2.45, 2.75) is 26.3 Å². The normalized spacial score (nSPS) is 18.4. The molecule has 2 N–H and O–H groups in total. The van der Waals surface area contributed by atoms with Gasteiger partial charge in [0.15, 0.2) is 0 Å². The molecule has 0 aliphatic carbocycles. The molecule has 0 aromatic rings. The van der Waals surface area contributed by atoms with Crippen molar-refractivity contribution in [2.75, 3.05) is 45.9 Å². The molecule has 1 rings (SSSR count). The molecule has 7 heteroatoms. The van der Waals surface area contributed by atoms with E-state index in [1.54, 1.807) is 4.90 Å². The maximum absolute atomic E-state index is 12.1. The second kappa shape index (κ2) is 8.76. The molecule has 1 heterocycles. The van der Waals surface area contributed by atoms with Crippen molar-refractivity contribution < 1.29 is 19.4 Å². The van der Waals surface area contributed by atoms with Crippen LogP contribution in [0.3, 0.4) is 0 Å². The first-order chi connectivity index (χ1) is 9.52. The fraction of sp³-hybridized carbons (Fsp3) is 0.846. The predicted octanol–water partition coefficient (Wildman–Crippen LogP) is 0.213. The van der Waals surface area contributed by atoms with Crippen LogP contribution in [0.4, 0.5) is 4.79 Å². The fourth-order valence-corrected chi connectivity index (χ4v) is 2.16. The van der Waals surface area contributed by atoms with E-state index in [9.17, 15) is 9.59 Å². The lowest BCUT2D eigenvalue weighted by atomic mass is 10.3. The number of nitrogens with zero attached hydrogens (tertiary/aromatic N) is 2. The average molecular weight is 287 g/mol. The molecule has 1 aliphatic rings. The molecule has 1 saturated heterocycles. The highest BCUT2D eigenvalue weighted by molar-refractivity contribution is 5.74. The van der Waals surface area contributed by atoms with Gasteiger partial charge in [-0.3, -0.25) is 9.69 Å². The first kappa shape index (κ1) is 16.7. The summed E-state index contributed by atoms with van der Waals surface area (Å²) in [5.41, 5.74) is 0. The summed E-state index contributed by atoms with van der Waals surface area (Å²) in [5.74, 6) is -0.826. The highest BCUT2D eigenvalue weighted by Crippen LogP contribution is 2.03. The number of carboxylic acids is 1. The smallest absolute Gasteiger partial charge is 0.317 e. The van der Waals surface area contributed by atoms with Crippen LogP contribution < -0.4 is 5.32 Å². The van der Waals surface area contributed by atoms with Gasteiger partial charge in [0, 0.05) is 32.8 Å². The third-order valence-corrected chi connectivity index (χ3v) is 3.18. The number of rotatable bonds is 6. The van der Waals surface area contributed by atoms with Crippen molar-refractivity contribution in [3.05, 3.63) is 0 Å². The van der Waals surface area contributed by atoms with Gasteiger partial charge in [-0.1, -0.05) is 0 Å². The molecule has 0 radical (unpaired) electrons. The van der Waals surface area contributed by atoms with Crippen LogP contribution in [0.1, 0.15) is 20.3 Å². The molecular weight excluding hydrogens is 262 g/mol. The summed E-state index contributed by atoms with van der Waals surface area (Å²) in [7, 11) is 0. The zero-order chi connectivity index (χ0) is 15.0. The molecule has 0 spiro atoms. The van der Waals surface area contributed by atoms with Crippen LogP contribution in [0.2, 0.25) is 0 Å². The van der Waals surface area contributed by atoms with Gasteiger partial charge in [-0.2, -0.15) is 0 Å². The summed E-state index contributed by atoms with van der Waals surface area (Å²) in [6.45, 7) is 7.52. The van der Waals surface area contributed by atoms with E-state index in [0.717, 1.165) is 6.42 Å². The standard InChI is InChI=1S/C13H25N3O4/c1-3-20-10-11(2)14-13(19)16-6-4-5-15(7-8-16)9-12(17)18/h11H,3-10H2,1-2H3,(H,14,19)(H,17,18). The number of hydrogen-bond donors (Lipinski definition) is 2. The lowest BCUT2D eigenvalue weighted by Gasteiger charge is -2.24. The number of carboxylic acid groups (broad SMARTS) is 1. The number of amides is 2. The number of carbonyl (C=O) groups is 2. The predicted molar refractivity (Wildman–Crippen MR) is 74.8 cm³/mol. The van der Waals surface area contributed by atoms with E-state index in [-0.39, 0.29) is 18.6 Å². The third-order valence-electron chi connectivity index (χ3n) is 3.18.